The Balaban J connectivity index is 1.20. The fraction of sp³-hybridized carbons (Fsp3) is 0.767. The summed E-state index contributed by atoms with van der Waals surface area (Å²) in [6.45, 7) is 6.70. The summed E-state index contributed by atoms with van der Waals surface area (Å²) < 4.78 is 4.83. The number of aromatic nitrogens is 2. The summed E-state index contributed by atoms with van der Waals surface area (Å²) in [6.07, 6.45) is 5.92. The Hall–Kier alpha value is -2.79. The number of nitro groups is 1. The van der Waals surface area contributed by atoms with Gasteiger partial charge in [0.05, 0.1) is 22.8 Å². The molecule has 4 saturated carbocycles. The molecule has 4 fully saturated rings. The summed E-state index contributed by atoms with van der Waals surface area (Å²) in [4.78, 5) is 22.1. The monoisotopic (exact) mass is 570 g/mol. The predicted molar refractivity (Wildman–Crippen MR) is 150 cm³/mol. The highest BCUT2D eigenvalue weighted by Gasteiger charge is 2.65. The SMILES string of the molecule is C[C@H](CCC(=O)O)[C@H]1CC[C@H]2[C@@H]3[C@H](O)C[C@@H]4C[C@H](Nc5ccc([N+](=O)[O-])c6nonc56)CC[C@]4(C)[C@H]3C[C@H](O)[C@]12C. The van der Waals surface area contributed by atoms with E-state index in [2.05, 4.69) is 36.4 Å². The summed E-state index contributed by atoms with van der Waals surface area (Å²) in [5.74, 6) is 0.560. The second-order valence-corrected chi connectivity index (χ2v) is 14.0. The van der Waals surface area contributed by atoms with Gasteiger partial charge in [-0.25, -0.2) is 4.63 Å². The van der Waals surface area contributed by atoms with Gasteiger partial charge in [-0.15, -0.1) is 0 Å². The fourth-order valence-corrected chi connectivity index (χ4v) is 10.2. The van der Waals surface area contributed by atoms with E-state index < -0.39 is 23.1 Å². The van der Waals surface area contributed by atoms with Crippen LogP contribution in [-0.2, 0) is 4.79 Å². The fourth-order valence-electron chi connectivity index (χ4n) is 10.2. The lowest BCUT2D eigenvalue weighted by Crippen LogP contribution is -2.62. The molecule has 11 nitrogen and oxygen atoms in total. The molecular formula is C30H42N4O7. The van der Waals surface area contributed by atoms with Crippen molar-refractivity contribution in [1.29, 1.82) is 0 Å². The van der Waals surface area contributed by atoms with Gasteiger partial charge in [-0.1, -0.05) is 20.8 Å². The lowest BCUT2D eigenvalue weighted by molar-refractivity contribution is -0.383. The van der Waals surface area contributed by atoms with E-state index in [1.54, 1.807) is 6.07 Å². The van der Waals surface area contributed by atoms with Gasteiger partial charge in [-0.05, 0) is 114 Å². The number of aliphatic hydroxyl groups is 2. The van der Waals surface area contributed by atoms with Gasteiger partial charge in [0, 0.05) is 18.5 Å². The highest BCUT2D eigenvalue weighted by molar-refractivity contribution is 5.93. The normalized spacial score (nSPS) is 40.8. The molecular weight excluding hydrogens is 528 g/mol. The van der Waals surface area contributed by atoms with Crippen LogP contribution in [0.2, 0.25) is 0 Å². The van der Waals surface area contributed by atoms with Crippen molar-refractivity contribution in [3.63, 3.8) is 0 Å². The molecule has 4 N–H and O–H groups in total. The van der Waals surface area contributed by atoms with Crippen molar-refractivity contribution >= 4 is 28.4 Å². The van der Waals surface area contributed by atoms with Crippen LogP contribution >= 0.6 is 0 Å². The van der Waals surface area contributed by atoms with Crippen LogP contribution in [0.3, 0.4) is 0 Å². The molecule has 0 saturated heterocycles. The molecule has 1 aromatic carbocycles. The molecule has 4 aliphatic carbocycles. The molecule has 0 spiro atoms. The summed E-state index contributed by atoms with van der Waals surface area (Å²) in [7, 11) is 0. The van der Waals surface area contributed by atoms with Crippen molar-refractivity contribution in [1.82, 2.24) is 10.3 Å². The van der Waals surface area contributed by atoms with Gasteiger partial charge in [-0.3, -0.25) is 14.9 Å². The van der Waals surface area contributed by atoms with Crippen molar-refractivity contribution in [2.24, 2.45) is 46.3 Å². The van der Waals surface area contributed by atoms with E-state index in [9.17, 15) is 30.2 Å². The third-order valence-corrected chi connectivity index (χ3v) is 12.3. The molecule has 41 heavy (non-hydrogen) atoms. The third-order valence-electron chi connectivity index (χ3n) is 12.3. The van der Waals surface area contributed by atoms with E-state index in [4.69, 9.17) is 4.63 Å². The van der Waals surface area contributed by atoms with Crippen molar-refractivity contribution in [3.05, 3.63) is 22.2 Å². The van der Waals surface area contributed by atoms with Gasteiger partial charge in [0.15, 0.2) is 5.52 Å². The first-order chi connectivity index (χ1) is 19.4. The smallest absolute Gasteiger partial charge is 0.303 e. The molecule has 0 radical (unpaired) electrons. The Bertz CT molecular complexity index is 1330. The maximum absolute atomic E-state index is 11.8. The Kier molecular flexibility index (Phi) is 7.04. The molecule has 0 amide bonds. The maximum Gasteiger partial charge on any atom is 0.303 e. The first-order valence-electron chi connectivity index (χ1n) is 15.2. The molecule has 1 aromatic heterocycles. The Morgan fingerprint density at radius 1 is 1.15 bits per heavy atom. The van der Waals surface area contributed by atoms with Crippen LogP contribution in [0.5, 0.6) is 0 Å². The van der Waals surface area contributed by atoms with Gasteiger partial charge in [-0.2, -0.15) is 0 Å². The zero-order valence-electron chi connectivity index (χ0n) is 24.0. The number of hydrogen-bond donors (Lipinski definition) is 4. The van der Waals surface area contributed by atoms with Crippen LogP contribution in [0, 0.1) is 56.5 Å². The first-order valence-corrected chi connectivity index (χ1v) is 15.2. The highest BCUT2D eigenvalue weighted by atomic mass is 16.6. The number of aliphatic carboxylic acids is 1. The summed E-state index contributed by atoms with van der Waals surface area (Å²) in [6, 6.07) is 3.20. The average Bonchev–Trinajstić information content (AvgIpc) is 3.55. The molecule has 0 unspecified atom stereocenters. The van der Waals surface area contributed by atoms with Crippen molar-refractivity contribution in [3.8, 4) is 0 Å². The van der Waals surface area contributed by atoms with Crippen molar-refractivity contribution in [2.75, 3.05) is 5.32 Å². The number of nitrogens with zero attached hydrogens (tertiary/aromatic N) is 3. The zero-order chi connectivity index (χ0) is 29.3. The van der Waals surface area contributed by atoms with Crippen LogP contribution in [0.4, 0.5) is 11.4 Å². The van der Waals surface area contributed by atoms with Crippen LogP contribution in [0.25, 0.3) is 11.0 Å². The number of benzene rings is 1. The van der Waals surface area contributed by atoms with Crippen molar-refractivity contribution in [2.45, 2.75) is 96.8 Å². The van der Waals surface area contributed by atoms with E-state index in [0.29, 0.717) is 24.0 Å². The van der Waals surface area contributed by atoms with E-state index in [1.807, 2.05) is 0 Å². The second-order valence-electron chi connectivity index (χ2n) is 14.0. The van der Waals surface area contributed by atoms with Crippen LogP contribution in [0.15, 0.2) is 16.8 Å². The van der Waals surface area contributed by atoms with Crippen LogP contribution < -0.4 is 5.32 Å². The summed E-state index contributed by atoms with van der Waals surface area (Å²) in [5, 5.41) is 55.3. The Morgan fingerprint density at radius 3 is 2.63 bits per heavy atom. The van der Waals surface area contributed by atoms with Gasteiger partial charge in [0.25, 0.3) is 0 Å². The summed E-state index contributed by atoms with van der Waals surface area (Å²) in [5.41, 5.74) is 0.680. The Labute approximate surface area is 239 Å². The minimum absolute atomic E-state index is 0.00234. The van der Waals surface area contributed by atoms with Crippen LogP contribution in [-0.4, -0.2) is 54.8 Å². The summed E-state index contributed by atoms with van der Waals surface area (Å²) >= 11 is 0. The third kappa shape index (κ3) is 4.42. The number of carboxylic acids is 1. The van der Waals surface area contributed by atoms with E-state index in [-0.39, 0.29) is 70.0 Å². The number of non-ortho nitro benzene ring substituents is 1. The molecule has 11 heteroatoms. The number of rotatable bonds is 7. The number of anilines is 1. The standard InChI is InChI=1S/C30H42N4O7/c1-15(4-9-25(37)38)18-5-6-19-26-20(14-24(36)30(18,19)3)29(2)11-10-17(12-16(29)13-23(26)35)31-21-7-8-22(34(39)40)28-27(21)32-41-33-28/h7-8,15-20,23-24,26,31,35-36H,4-6,9-14H2,1-3H3,(H,37,38)/t15-,16+,17-,18-,19+,20+,23-,24+,26+,29+,30-/m1/s1. The number of nitrogens with one attached hydrogen (secondary N) is 1. The number of hydrogen-bond acceptors (Lipinski definition) is 9. The number of nitro benzene ring substituents is 1. The number of carbonyl (C=O) groups is 1. The van der Waals surface area contributed by atoms with Crippen molar-refractivity contribution < 1.29 is 29.7 Å². The number of aliphatic hydroxyl groups excluding tert-OH is 2. The number of fused-ring (bicyclic) bond motifs is 6. The molecule has 1 heterocycles. The Morgan fingerprint density at radius 2 is 1.90 bits per heavy atom. The minimum atomic E-state index is -0.775. The lowest BCUT2D eigenvalue weighted by atomic mass is 9.43. The maximum atomic E-state index is 11.8. The lowest BCUT2D eigenvalue weighted by Gasteiger charge is -2.63. The molecule has 0 aliphatic heterocycles. The van der Waals surface area contributed by atoms with Gasteiger partial charge < -0.3 is 20.6 Å². The van der Waals surface area contributed by atoms with E-state index >= 15 is 0 Å². The molecule has 2 aromatic rings. The zero-order valence-corrected chi connectivity index (χ0v) is 24.0. The minimum Gasteiger partial charge on any atom is -0.481 e. The highest BCUT2D eigenvalue weighted by Crippen LogP contribution is 2.68. The molecule has 0 bridgehead atoms. The second kappa shape index (κ2) is 10.2. The van der Waals surface area contributed by atoms with E-state index in [0.717, 1.165) is 38.5 Å². The molecule has 224 valence electrons. The van der Waals surface area contributed by atoms with Gasteiger partial charge in [0.1, 0.15) is 0 Å². The molecule has 6 rings (SSSR count). The number of carboxylic acid groups (broad SMARTS) is 1. The van der Waals surface area contributed by atoms with Gasteiger partial charge in [0.2, 0.25) is 5.52 Å². The van der Waals surface area contributed by atoms with E-state index in [1.165, 1.54) is 6.07 Å². The average molecular weight is 571 g/mol. The topological polar surface area (TPSA) is 172 Å². The predicted octanol–water partition coefficient (Wildman–Crippen LogP) is 5.01. The largest absolute Gasteiger partial charge is 0.481 e. The quantitative estimate of drug-likeness (QED) is 0.262. The van der Waals surface area contributed by atoms with Gasteiger partial charge >= 0.3 is 11.7 Å². The first kappa shape index (κ1) is 28.3. The van der Waals surface area contributed by atoms with Crippen LogP contribution in [0.1, 0.15) is 78.6 Å². The molecule has 11 atom stereocenters. The molecule has 4 aliphatic rings.